The molecule has 0 heterocycles. The Balaban J connectivity index is 2.09. The minimum Gasteiger partial charge on any atom is -0.396 e. The molecule has 0 amide bonds. The minimum atomic E-state index is 0.238. The van der Waals surface area contributed by atoms with E-state index in [2.05, 4.69) is 24.3 Å². The lowest BCUT2D eigenvalue weighted by molar-refractivity contribution is 0.303. The van der Waals surface area contributed by atoms with Crippen molar-refractivity contribution in [2.45, 2.75) is 19.3 Å². The standard InChI is InChI=1S/C12H14O/c13-8-2-1-3-10-4-5-11-6-7-12(11)9-10/h1,3-5,9,13H,2,6-8H2. The van der Waals surface area contributed by atoms with E-state index in [-0.39, 0.29) is 6.61 Å². The Bertz CT molecular complexity index is 326. The van der Waals surface area contributed by atoms with Gasteiger partial charge in [0.25, 0.3) is 0 Å². The van der Waals surface area contributed by atoms with Crippen molar-refractivity contribution >= 4 is 6.08 Å². The first-order valence-corrected chi connectivity index (χ1v) is 4.79. The average Bonchev–Trinajstić information content (AvgIpc) is 2.10. The van der Waals surface area contributed by atoms with Crippen molar-refractivity contribution in [1.29, 1.82) is 0 Å². The average molecular weight is 174 g/mol. The highest BCUT2D eigenvalue weighted by atomic mass is 16.2. The third-order valence-electron chi connectivity index (χ3n) is 2.50. The fraction of sp³-hybridized carbons (Fsp3) is 0.333. The van der Waals surface area contributed by atoms with Crippen LogP contribution < -0.4 is 0 Å². The summed E-state index contributed by atoms with van der Waals surface area (Å²) < 4.78 is 0. The number of fused-ring (bicyclic) bond motifs is 1. The number of aliphatic hydroxyl groups excluding tert-OH is 1. The van der Waals surface area contributed by atoms with Gasteiger partial charge in [-0.1, -0.05) is 30.4 Å². The van der Waals surface area contributed by atoms with Gasteiger partial charge in [0, 0.05) is 6.61 Å². The second-order valence-electron chi connectivity index (χ2n) is 3.44. The van der Waals surface area contributed by atoms with Gasteiger partial charge >= 0.3 is 0 Å². The number of aliphatic hydroxyl groups is 1. The highest BCUT2D eigenvalue weighted by molar-refractivity contribution is 5.53. The molecule has 0 spiro atoms. The van der Waals surface area contributed by atoms with Gasteiger partial charge < -0.3 is 5.11 Å². The molecule has 0 atom stereocenters. The molecular formula is C12H14O. The topological polar surface area (TPSA) is 20.2 Å². The molecule has 1 nitrogen and oxygen atoms in total. The molecule has 0 fully saturated rings. The van der Waals surface area contributed by atoms with Gasteiger partial charge in [-0.25, -0.2) is 0 Å². The van der Waals surface area contributed by atoms with Crippen molar-refractivity contribution in [1.82, 2.24) is 0 Å². The van der Waals surface area contributed by atoms with Gasteiger partial charge in [-0.2, -0.15) is 0 Å². The van der Waals surface area contributed by atoms with E-state index < -0.39 is 0 Å². The van der Waals surface area contributed by atoms with E-state index in [0.29, 0.717) is 0 Å². The Morgan fingerprint density at radius 2 is 2.08 bits per heavy atom. The molecule has 1 N–H and O–H groups in total. The number of hydrogen-bond acceptors (Lipinski definition) is 1. The van der Waals surface area contributed by atoms with E-state index in [1.54, 1.807) is 0 Å². The summed E-state index contributed by atoms with van der Waals surface area (Å²) in [5.41, 5.74) is 4.25. The Kier molecular flexibility index (Phi) is 2.46. The van der Waals surface area contributed by atoms with Crippen molar-refractivity contribution in [2.75, 3.05) is 6.61 Å². The predicted octanol–water partition coefficient (Wildman–Crippen LogP) is 2.18. The molecular weight excluding hydrogens is 160 g/mol. The third kappa shape index (κ3) is 1.81. The molecule has 13 heavy (non-hydrogen) atoms. The molecule has 0 unspecified atom stereocenters. The van der Waals surface area contributed by atoms with Gasteiger partial charge in [0.05, 0.1) is 0 Å². The van der Waals surface area contributed by atoms with E-state index in [0.717, 1.165) is 6.42 Å². The smallest absolute Gasteiger partial charge is 0.0465 e. The van der Waals surface area contributed by atoms with Crippen LogP contribution in [0.15, 0.2) is 24.3 Å². The zero-order valence-electron chi connectivity index (χ0n) is 7.66. The second-order valence-corrected chi connectivity index (χ2v) is 3.44. The monoisotopic (exact) mass is 174 g/mol. The van der Waals surface area contributed by atoms with Gasteiger partial charge in [0.2, 0.25) is 0 Å². The van der Waals surface area contributed by atoms with Crippen LogP contribution >= 0.6 is 0 Å². The largest absolute Gasteiger partial charge is 0.396 e. The van der Waals surface area contributed by atoms with E-state index in [1.807, 2.05) is 6.08 Å². The maximum absolute atomic E-state index is 8.60. The molecule has 1 aliphatic rings. The summed E-state index contributed by atoms with van der Waals surface area (Å²) >= 11 is 0. The van der Waals surface area contributed by atoms with Crippen LogP contribution in [0.2, 0.25) is 0 Å². The molecule has 0 radical (unpaired) electrons. The molecule has 0 bridgehead atoms. The van der Waals surface area contributed by atoms with Crippen LogP contribution in [0.1, 0.15) is 23.1 Å². The molecule has 1 aromatic carbocycles. The maximum atomic E-state index is 8.60. The van der Waals surface area contributed by atoms with Gasteiger partial charge in [-0.3, -0.25) is 0 Å². The number of rotatable bonds is 3. The van der Waals surface area contributed by atoms with Crippen LogP contribution in [0.3, 0.4) is 0 Å². The zero-order chi connectivity index (χ0) is 9.10. The highest BCUT2D eigenvalue weighted by Crippen LogP contribution is 2.24. The van der Waals surface area contributed by atoms with Gasteiger partial charge in [-0.05, 0) is 36.0 Å². The molecule has 2 rings (SSSR count). The summed E-state index contributed by atoms with van der Waals surface area (Å²) in [4.78, 5) is 0. The Morgan fingerprint density at radius 1 is 1.23 bits per heavy atom. The van der Waals surface area contributed by atoms with E-state index in [9.17, 15) is 0 Å². The highest BCUT2D eigenvalue weighted by Gasteiger charge is 2.11. The Hall–Kier alpha value is -1.08. The van der Waals surface area contributed by atoms with Crippen molar-refractivity contribution in [3.63, 3.8) is 0 Å². The fourth-order valence-corrected chi connectivity index (χ4v) is 1.61. The lowest BCUT2D eigenvalue weighted by atomic mass is 9.87. The van der Waals surface area contributed by atoms with E-state index in [1.165, 1.54) is 29.5 Å². The van der Waals surface area contributed by atoms with Crippen LogP contribution in [0, 0.1) is 0 Å². The first-order chi connectivity index (χ1) is 6.40. The molecule has 1 heteroatoms. The third-order valence-corrected chi connectivity index (χ3v) is 2.50. The van der Waals surface area contributed by atoms with Crippen LogP contribution in [0.25, 0.3) is 6.08 Å². The van der Waals surface area contributed by atoms with E-state index >= 15 is 0 Å². The summed E-state index contributed by atoms with van der Waals surface area (Å²) in [6.07, 6.45) is 7.32. The first kappa shape index (κ1) is 8.52. The maximum Gasteiger partial charge on any atom is 0.0465 e. The molecule has 0 aliphatic heterocycles. The summed E-state index contributed by atoms with van der Waals surface area (Å²) in [7, 11) is 0. The molecule has 1 aliphatic carbocycles. The van der Waals surface area contributed by atoms with Crippen LogP contribution in [0.5, 0.6) is 0 Å². The Labute approximate surface area is 78.7 Å². The molecule has 1 aromatic rings. The van der Waals surface area contributed by atoms with Gasteiger partial charge in [0.15, 0.2) is 0 Å². The summed E-state index contributed by atoms with van der Waals surface area (Å²) in [5.74, 6) is 0. The van der Waals surface area contributed by atoms with E-state index in [4.69, 9.17) is 5.11 Å². The van der Waals surface area contributed by atoms with Crippen molar-refractivity contribution < 1.29 is 5.11 Å². The van der Waals surface area contributed by atoms with Crippen LogP contribution in [-0.4, -0.2) is 11.7 Å². The lowest BCUT2D eigenvalue weighted by Gasteiger charge is -2.18. The normalized spacial score (nSPS) is 14.2. The SMILES string of the molecule is OCCC=Cc1ccc2c(c1)CC2. The quantitative estimate of drug-likeness (QED) is 0.744. The summed E-state index contributed by atoms with van der Waals surface area (Å²) in [5, 5.41) is 8.60. The second kappa shape index (κ2) is 3.75. The minimum absolute atomic E-state index is 0.238. The number of benzene rings is 1. The van der Waals surface area contributed by atoms with Gasteiger partial charge in [-0.15, -0.1) is 0 Å². The molecule has 68 valence electrons. The fourth-order valence-electron chi connectivity index (χ4n) is 1.61. The van der Waals surface area contributed by atoms with Crippen LogP contribution in [-0.2, 0) is 12.8 Å². The van der Waals surface area contributed by atoms with Crippen LogP contribution in [0.4, 0.5) is 0 Å². The Morgan fingerprint density at radius 3 is 2.69 bits per heavy atom. The molecule has 0 saturated carbocycles. The number of hydrogen-bond donors (Lipinski definition) is 1. The molecule has 0 saturated heterocycles. The molecule has 0 aromatic heterocycles. The lowest BCUT2D eigenvalue weighted by Crippen LogP contribution is -2.07. The van der Waals surface area contributed by atoms with Crippen molar-refractivity contribution in [3.05, 3.63) is 41.0 Å². The first-order valence-electron chi connectivity index (χ1n) is 4.79. The summed E-state index contributed by atoms with van der Waals surface area (Å²) in [6.45, 7) is 0.238. The predicted molar refractivity (Wildman–Crippen MR) is 54.6 cm³/mol. The van der Waals surface area contributed by atoms with Crippen molar-refractivity contribution in [3.8, 4) is 0 Å². The zero-order valence-corrected chi connectivity index (χ0v) is 7.66. The number of aryl methyl sites for hydroxylation is 2. The summed E-state index contributed by atoms with van der Waals surface area (Å²) in [6, 6.07) is 6.59. The van der Waals surface area contributed by atoms with Crippen molar-refractivity contribution in [2.24, 2.45) is 0 Å². The van der Waals surface area contributed by atoms with Gasteiger partial charge in [0.1, 0.15) is 0 Å².